The number of nitrogens with two attached hydrogens (primary N) is 1. The van der Waals surface area contributed by atoms with Gasteiger partial charge in [-0.1, -0.05) is 25.1 Å². The zero-order valence-corrected chi connectivity index (χ0v) is 13.8. The molecule has 1 aromatic carbocycles. The maximum Gasteiger partial charge on any atom is 0.223 e. The van der Waals surface area contributed by atoms with E-state index in [2.05, 4.69) is 23.3 Å². The van der Waals surface area contributed by atoms with Crippen LogP contribution in [0, 0.1) is 11.3 Å². The SMILES string of the molecule is CCCc1nc2c(o1)NC(N)=C(C#N)[C@@H]2c1ccccc1OCC. The van der Waals surface area contributed by atoms with Gasteiger partial charge in [0.25, 0.3) is 0 Å². The third kappa shape index (κ3) is 2.69. The number of para-hydroxylation sites is 1. The summed E-state index contributed by atoms with van der Waals surface area (Å²) in [5.41, 5.74) is 8.02. The lowest BCUT2D eigenvalue weighted by Crippen LogP contribution is -2.23. The number of hydrogen-bond donors (Lipinski definition) is 2. The number of hydrogen-bond acceptors (Lipinski definition) is 6. The highest BCUT2D eigenvalue weighted by Crippen LogP contribution is 2.43. The van der Waals surface area contributed by atoms with Gasteiger partial charge in [-0.25, -0.2) is 4.98 Å². The van der Waals surface area contributed by atoms with E-state index in [4.69, 9.17) is 14.9 Å². The number of anilines is 1. The summed E-state index contributed by atoms with van der Waals surface area (Å²) >= 11 is 0. The van der Waals surface area contributed by atoms with Crippen molar-refractivity contribution in [3.8, 4) is 11.8 Å². The van der Waals surface area contributed by atoms with Crippen LogP contribution in [0.15, 0.2) is 40.1 Å². The van der Waals surface area contributed by atoms with Crippen LogP contribution in [-0.4, -0.2) is 11.6 Å². The van der Waals surface area contributed by atoms with Crippen molar-refractivity contribution in [1.82, 2.24) is 4.98 Å². The van der Waals surface area contributed by atoms with E-state index in [0.29, 0.717) is 35.5 Å². The largest absolute Gasteiger partial charge is 0.494 e. The molecule has 6 heteroatoms. The number of oxazole rings is 1. The van der Waals surface area contributed by atoms with Gasteiger partial charge in [-0.3, -0.25) is 0 Å². The summed E-state index contributed by atoms with van der Waals surface area (Å²) in [5.74, 6) is 1.76. The molecule has 3 N–H and O–H groups in total. The van der Waals surface area contributed by atoms with Gasteiger partial charge < -0.3 is 20.2 Å². The molecule has 0 amide bonds. The van der Waals surface area contributed by atoms with Crippen LogP contribution in [0.4, 0.5) is 5.88 Å². The minimum absolute atomic E-state index is 0.292. The fourth-order valence-corrected chi connectivity index (χ4v) is 2.90. The van der Waals surface area contributed by atoms with E-state index < -0.39 is 5.92 Å². The molecule has 0 unspecified atom stereocenters. The average molecular weight is 324 g/mol. The molecule has 3 rings (SSSR count). The first-order valence-corrected chi connectivity index (χ1v) is 8.07. The first kappa shape index (κ1) is 15.9. The Balaban J connectivity index is 2.16. The number of aryl methyl sites for hydroxylation is 1. The number of rotatable bonds is 5. The van der Waals surface area contributed by atoms with Crippen molar-refractivity contribution in [2.75, 3.05) is 11.9 Å². The van der Waals surface area contributed by atoms with Crippen LogP contribution < -0.4 is 15.8 Å². The van der Waals surface area contributed by atoms with Gasteiger partial charge in [0.2, 0.25) is 5.88 Å². The first-order valence-electron chi connectivity index (χ1n) is 8.07. The molecular formula is C18H20N4O2. The smallest absolute Gasteiger partial charge is 0.223 e. The fourth-order valence-electron chi connectivity index (χ4n) is 2.90. The second kappa shape index (κ2) is 6.67. The standard InChI is InChI=1S/C18H20N4O2/c1-3-7-14-21-16-15(11-8-5-6-9-13(11)23-4-2)12(10-19)17(20)22-18(16)24-14/h5-6,8-9,15,22H,3-4,7,20H2,1-2H3/t15-/m0/s1. The fraction of sp³-hybridized carbons (Fsp3) is 0.333. The number of nitrogens with one attached hydrogen (secondary N) is 1. The van der Waals surface area contributed by atoms with E-state index in [-0.39, 0.29) is 0 Å². The molecule has 0 spiro atoms. The van der Waals surface area contributed by atoms with Crippen molar-refractivity contribution in [2.24, 2.45) is 5.73 Å². The Morgan fingerprint density at radius 3 is 2.88 bits per heavy atom. The minimum atomic E-state index is -0.400. The molecule has 1 atom stereocenters. The molecule has 1 aromatic heterocycles. The highest BCUT2D eigenvalue weighted by molar-refractivity contribution is 5.62. The molecule has 1 aliphatic rings. The zero-order valence-electron chi connectivity index (χ0n) is 13.8. The number of benzene rings is 1. The summed E-state index contributed by atoms with van der Waals surface area (Å²) in [6, 6.07) is 9.85. The molecule has 1 aliphatic heterocycles. The molecule has 6 nitrogen and oxygen atoms in total. The number of ether oxygens (including phenoxy) is 1. The van der Waals surface area contributed by atoms with E-state index >= 15 is 0 Å². The second-order valence-electron chi connectivity index (χ2n) is 5.54. The maximum atomic E-state index is 9.62. The van der Waals surface area contributed by atoms with Gasteiger partial charge in [-0.05, 0) is 19.4 Å². The molecule has 24 heavy (non-hydrogen) atoms. The summed E-state index contributed by atoms with van der Waals surface area (Å²) in [7, 11) is 0. The first-order chi connectivity index (χ1) is 11.7. The lowest BCUT2D eigenvalue weighted by molar-refractivity contribution is 0.336. The van der Waals surface area contributed by atoms with Gasteiger partial charge in [-0.15, -0.1) is 0 Å². The third-order valence-electron chi connectivity index (χ3n) is 3.91. The Morgan fingerprint density at radius 2 is 2.17 bits per heavy atom. The summed E-state index contributed by atoms with van der Waals surface area (Å²) in [5, 5.41) is 12.6. The van der Waals surface area contributed by atoms with Crippen LogP contribution in [0.5, 0.6) is 5.75 Å². The molecule has 0 fully saturated rings. The Kier molecular flexibility index (Phi) is 4.43. The van der Waals surface area contributed by atoms with Crippen molar-refractivity contribution in [1.29, 1.82) is 5.26 Å². The van der Waals surface area contributed by atoms with Crippen molar-refractivity contribution < 1.29 is 9.15 Å². The monoisotopic (exact) mass is 324 g/mol. The van der Waals surface area contributed by atoms with Crippen molar-refractivity contribution in [2.45, 2.75) is 32.6 Å². The van der Waals surface area contributed by atoms with Gasteiger partial charge >= 0.3 is 0 Å². The lowest BCUT2D eigenvalue weighted by atomic mass is 9.86. The van der Waals surface area contributed by atoms with E-state index in [1.807, 2.05) is 31.2 Å². The minimum Gasteiger partial charge on any atom is -0.494 e. The van der Waals surface area contributed by atoms with Crippen LogP contribution in [-0.2, 0) is 6.42 Å². The molecule has 0 saturated carbocycles. The predicted molar refractivity (Wildman–Crippen MR) is 90.4 cm³/mol. The van der Waals surface area contributed by atoms with E-state index in [0.717, 1.165) is 24.2 Å². The van der Waals surface area contributed by atoms with E-state index in [9.17, 15) is 5.26 Å². The van der Waals surface area contributed by atoms with Crippen LogP contribution >= 0.6 is 0 Å². The van der Waals surface area contributed by atoms with Crippen molar-refractivity contribution in [3.05, 3.63) is 52.8 Å². The second-order valence-corrected chi connectivity index (χ2v) is 5.54. The Labute approximate surface area is 140 Å². The number of nitriles is 1. The topological polar surface area (TPSA) is 97.1 Å². The van der Waals surface area contributed by atoms with Gasteiger partial charge in [0, 0.05) is 12.0 Å². The Hall–Kier alpha value is -2.94. The Bertz CT molecular complexity index is 817. The Morgan fingerprint density at radius 1 is 1.38 bits per heavy atom. The van der Waals surface area contributed by atoms with E-state index in [1.54, 1.807) is 0 Å². The molecule has 2 aromatic rings. The number of fused-ring (bicyclic) bond motifs is 1. The average Bonchev–Trinajstić information content (AvgIpc) is 2.97. The van der Waals surface area contributed by atoms with E-state index in [1.165, 1.54) is 0 Å². The number of nitrogens with zero attached hydrogens (tertiary/aromatic N) is 2. The van der Waals surface area contributed by atoms with Crippen molar-refractivity contribution >= 4 is 5.88 Å². The normalized spacial score (nSPS) is 16.3. The van der Waals surface area contributed by atoms with Crippen molar-refractivity contribution in [3.63, 3.8) is 0 Å². The van der Waals surface area contributed by atoms with Gasteiger partial charge in [0.1, 0.15) is 17.3 Å². The van der Waals surface area contributed by atoms with Gasteiger partial charge in [-0.2, -0.15) is 5.26 Å². The third-order valence-corrected chi connectivity index (χ3v) is 3.91. The molecule has 0 saturated heterocycles. The summed E-state index contributed by atoms with van der Waals surface area (Å²) in [6.07, 6.45) is 1.66. The molecule has 0 aliphatic carbocycles. The molecule has 0 radical (unpaired) electrons. The summed E-state index contributed by atoms with van der Waals surface area (Å²) in [6.45, 7) is 4.52. The van der Waals surface area contributed by atoms with Crippen LogP contribution in [0.1, 0.15) is 43.3 Å². The quantitative estimate of drug-likeness (QED) is 0.876. The molecule has 2 heterocycles. The summed E-state index contributed by atoms with van der Waals surface area (Å²) < 4.78 is 11.5. The molecule has 124 valence electrons. The number of aromatic nitrogens is 1. The van der Waals surface area contributed by atoms with Gasteiger partial charge in [0.05, 0.1) is 24.2 Å². The molecular weight excluding hydrogens is 304 g/mol. The van der Waals surface area contributed by atoms with Crippen LogP contribution in [0.2, 0.25) is 0 Å². The highest BCUT2D eigenvalue weighted by Gasteiger charge is 2.35. The van der Waals surface area contributed by atoms with Crippen LogP contribution in [0.3, 0.4) is 0 Å². The lowest BCUT2D eigenvalue weighted by Gasteiger charge is -2.24. The summed E-state index contributed by atoms with van der Waals surface area (Å²) in [4.78, 5) is 4.61. The predicted octanol–water partition coefficient (Wildman–Crippen LogP) is 3.28. The maximum absolute atomic E-state index is 9.62. The zero-order chi connectivity index (χ0) is 17.1. The number of allylic oxidation sites excluding steroid dienone is 1. The van der Waals surface area contributed by atoms with Crippen LogP contribution in [0.25, 0.3) is 0 Å². The highest BCUT2D eigenvalue weighted by atomic mass is 16.5. The molecule has 0 bridgehead atoms. The van der Waals surface area contributed by atoms with Gasteiger partial charge in [0.15, 0.2) is 5.89 Å².